The zero-order valence-corrected chi connectivity index (χ0v) is 11.4. The van der Waals surface area contributed by atoms with Gasteiger partial charge in [0.15, 0.2) is 5.96 Å². The zero-order chi connectivity index (χ0) is 13.3. The predicted octanol–water partition coefficient (Wildman–Crippen LogP) is 0.709. The molecule has 0 aromatic carbocycles. The number of amides is 1. The minimum Gasteiger partial charge on any atom is -0.370 e. The SMILES string of the molecule is CC(C)CCN=C(N)NCCNC(=O)C(C)C. The van der Waals surface area contributed by atoms with E-state index in [-0.39, 0.29) is 11.8 Å². The maximum atomic E-state index is 11.2. The number of hydrogen-bond donors (Lipinski definition) is 3. The number of nitrogens with zero attached hydrogens (tertiary/aromatic N) is 1. The van der Waals surface area contributed by atoms with Gasteiger partial charge >= 0.3 is 0 Å². The number of hydrogen-bond acceptors (Lipinski definition) is 2. The van der Waals surface area contributed by atoms with E-state index in [2.05, 4.69) is 29.5 Å². The van der Waals surface area contributed by atoms with Crippen molar-refractivity contribution in [3.8, 4) is 0 Å². The summed E-state index contributed by atoms with van der Waals surface area (Å²) < 4.78 is 0. The quantitative estimate of drug-likeness (QED) is 0.349. The molecule has 0 aromatic heterocycles. The van der Waals surface area contributed by atoms with Crippen molar-refractivity contribution in [1.82, 2.24) is 10.6 Å². The molecule has 0 saturated carbocycles. The molecule has 0 bridgehead atoms. The fourth-order valence-corrected chi connectivity index (χ4v) is 1.08. The molecule has 0 rings (SSSR count). The molecule has 0 atom stereocenters. The Morgan fingerprint density at radius 1 is 1.18 bits per heavy atom. The Hall–Kier alpha value is -1.26. The number of nitrogens with two attached hydrogens (primary N) is 1. The van der Waals surface area contributed by atoms with Crippen molar-refractivity contribution in [2.24, 2.45) is 22.6 Å². The first-order chi connectivity index (χ1) is 7.93. The Balaban J connectivity index is 3.57. The summed E-state index contributed by atoms with van der Waals surface area (Å²) in [4.78, 5) is 15.4. The van der Waals surface area contributed by atoms with Gasteiger partial charge in [0.05, 0.1) is 0 Å². The number of rotatable bonds is 7. The molecular formula is C12H26N4O. The summed E-state index contributed by atoms with van der Waals surface area (Å²) in [5, 5.41) is 5.76. The van der Waals surface area contributed by atoms with E-state index in [1.165, 1.54) is 0 Å². The fraction of sp³-hybridized carbons (Fsp3) is 0.833. The molecule has 0 aliphatic carbocycles. The van der Waals surface area contributed by atoms with E-state index in [4.69, 9.17) is 5.73 Å². The van der Waals surface area contributed by atoms with E-state index < -0.39 is 0 Å². The zero-order valence-electron chi connectivity index (χ0n) is 11.4. The highest BCUT2D eigenvalue weighted by atomic mass is 16.1. The molecule has 0 aliphatic rings. The van der Waals surface area contributed by atoms with Gasteiger partial charge in [0.2, 0.25) is 5.91 Å². The van der Waals surface area contributed by atoms with Crippen LogP contribution in [0.1, 0.15) is 34.1 Å². The molecule has 4 N–H and O–H groups in total. The number of aliphatic imine (C=N–C) groups is 1. The van der Waals surface area contributed by atoms with Crippen LogP contribution in [0.25, 0.3) is 0 Å². The summed E-state index contributed by atoms with van der Waals surface area (Å²) in [6.07, 6.45) is 1.03. The van der Waals surface area contributed by atoms with E-state index >= 15 is 0 Å². The van der Waals surface area contributed by atoms with E-state index in [9.17, 15) is 4.79 Å². The molecule has 0 spiro atoms. The van der Waals surface area contributed by atoms with Crippen LogP contribution in [0.4, 0.5) is 0 Å². The first kappa shape index (κ1) is 15.7. The fourth-order valence-electron chi connectivity index (χ4n) is 1.08. The van der Waals surface area contributed by atoms with Gasteiger partial charge in [0, 0.05) is 25.6 Å². The first-order valence-electron chi connectivity index (χ1n) is 6.25. The van der Waals surface area contributed by atoms with Crippen molar-refractivity contribution in [3.05, 3.63) is 0 Å². The van der Waals surface area contributed by atoms with Crippen LogP contribution in [-0.2, 0) is 4.79 Å². The topological polar surface area (TPSA) is 79.5 Å². The molecule has 0 fully saturated rings. The lowest BCUT2D eigenvalue weighted by Gasteiger charge is -2.09. The standard InChI is InChI=1S/C12H26N4O/c1-9(2)5-6-15-12(13)16-8-7-14-11(17)10(3)4/h9-10H,5-8H2,1-4H3,(H,14,17)(H3,13,15,16). The minimum atomic E-state index is 0.0204. The van der Waals surface area contributed by atoms with Gasteiger partial charge in [-0.3, -0.25) is 9.79 Å². The molecule has 100 valence electrons. The van der Waals surface area contributed by atoms with E-state index in [0.717, 1.165) is 13.0 Å². The second kappa shape index (κ2) is 8.84. The highest BCUT2D eigenvalue weighted by molar-refractivity contribution is 5.78. The van der Waals surface area contributed by atoms with Gasteiger partial charge in [-0.1, -0.05) is 27.7 Å². The Labute approximate surface area is 104 Å². The average Bonchev–Trinajstić information content (AvgIpc) is 2.23. The van der Waals surface area contributed by atoms with Gasteiger partial charge in [0.1, 0.15) is 0 Å². The van der Waals surface area contributed by atoms with Crippen LogP contribution in [0.5, 0.6) is 0 Å². The molecule has 0 heterocycles. The molecule has 1 amide bonds. The van der Waals surface area contributed by atoms with E-state index in [0.29, 0.717) is 25.0 Å². The highest BCUT2D eigenvalue weighted by Gasteiger charge is 2.04. The van der Waals surface area contributed by atoms with Crippen LogP contribution in [0.3, 0.4) is 0 Å². The number of carbonyl (C=O) groups is 1. The molecule has 0 unspecified atom stereocenters. The Morgan fingerprint density at radius 3 is 2.29 bits per heavy atom. The van der Waals surface area contributed by atoms with Crippen LogP contribution in [0.2, 0.25) is 0 Å². The molecule has 5 nitrogen and oxygen atoms in total. The molecule has 17 heavy (non-hydrogen) atoms. The van der Waals surface area contributed by atoms with Crippen molar-refractivity contribution in [2.75, 3.05) is 19.6 Å². The van der Waals surface area contributed by atoms with Crippen LogP contribution in [0, 0.1) is 11.8 Å². The maximum Gasteiger partial charge on any atom is 0.222 e. The van der Waals surface area contributed by atoms with Gasteiger partial charge < -0.3 is 16.4 Å². The largest absolute Gasteiger partial charge is 0.370 e. The number of nitrogens with one attached hydrogen (secondary N) is 2. The van der Waals surface area contributed by atoms with Gasteiger partial charge in [-0.2, -0.15) is 0 Å². The van der Waals surface area contributed by atoms with E-state index in [1.54, 1.807) is 0 Å². The summed E-state index contributed by atoms with van der Waals surface area (Å²) in [5.41, 5.74) is 5.66. The summed E-state index contributed by atoms with van der Waals surface area (Å²) in [5.74, 6) is 1.16. The lowest BCUT2D eigenvalue weighted by atomic mass is 10.1. The van der Waals surface area contributed by atoms with Gasteiger partial charge in [-0.15, -0.1) is 0 Å². The summed E-state index contributed by atoms with van der Waals surface area (Å²) in [7, 11) is 0. The molecular weight excluding hydrogens is 216 g/mol. The molecule has 5 heteroatoms. The Kier molecular flexibility index (Phi) is 8.19. The normalized spacial score (nSPS) is 12.0. The van der Waals surface area contributed by atoms with Gasteiger partial charge in [-0.25, -0.2) is 0 Å². The second-order valence-electron chi connectivity index (χ2n) is 4.82. The van der Waals surface area contributed by atoms with Crippen molar-refractivity contribution in [3.63, 3.8) is 0 Å². The molecule has 0 aliphatic heterocycles. The molecule has 0 saturated heterocycles. The van der Waals surface area contributed by atoms with Crippen molar-refractivity contribution in [2.45, 2.75) is 34.1 Å². The van der Waals surface area contributed by atoms with Crippen molar-refractivity contribution < 1.29 is 4.79 Å². The predicted molar refractivity (Wildman–Crippen MR) is 71.8 cm³/mol. The average molecular weight is 242 g/mol. The summed E-state index contributed by atoms with van der Waals surface area (Å²) in [6, 6.07) is 0. The van der Waals surface area contributed by atoms with Crippen LogP contribution in [0.15, 0.2) is 4.99 Å². The Bertz CT molecular complexity index is 249. The van der Waals surface area contributed by atoms with Gasteiger partial charge in [-0.05, 0) is 12.3 Å². The third-order valence-corrected chi connectivity index (χ3v) is 2.24. The Morgan fingerprint density at radius 2 is 1.76 bits per heavy atom. The number of carbonyl (C=O) groups excluding carboxylic acids is 1. The maximum absolute atomic E-state index is 11.2. The molecule has 0 radical (unpaired) electrons. The molecule has 0 aromatic rings. The first-order valence-corrected chi connectivity index (χ1v) is 6.25. The van der Waals surface area contributed by atoms with Crippen molar-refractivity contribution in [1.29, 1.82) is 0 Å². The lowest BCUT2D eigenvalue weighted by molar-refractivity contribution is -0.123. The van der Waals surface area contributed by atoms with Gasteiger partial charge in [0.25, 0.3) is 0 Å². The van der Waals surface area contributed by atoms with Crippen LogP contribution >= 0.6 is 0 Å². The smallest absolute Gasteiger partial charge is 0.222 e. The van der Waals surface area contributed by atoms with Crippen molar-refractivity contribution >= 4 is 11.9 Å². The third-order valence-electron chi connectivity index (χ3n) is 2.24. The van der Waals surface area contributed by atoms with E-state index in [1.807, 2.05) is 13.8 Å². The van der Waals surface area contributed by atoms with Crippen LogP contribution < -0.4 is 16.4 Å². The minimum absolute atomic E-state index is 0.0204. The number of guanidine groups is 1. The lowest BCUT2D eigenvalue weighted by Crippen LogP contribution is -2.39. The third kappa shape index (κ3) is 9.66. The second-order valence-corrected chi connectivity index (χ2v) is 4.82. The summed E-state index contributed by atoms with van der Waals surface area (Å²) >= 11 is 0. The monoisotopic (exact) mass is 242 g/mol. The highest BCUT2D eigenvalue weighted by Crippen LogP contribution is 1.97. The summed E-state index contributed by atoms with van der Waals surface area (Å²) in [6.45, 7) is 9.96. The van der Waals surface area contributed by atoms with Crippen LogP contribution in [-0.4, -0.2) is 31.5 Å².